The molecule has 0 bridgehead atoms. The molecule has 1 aromatic rings. The highest BCUT2D eigenvalue weighted by molar-refractivity contribution is 6.31. The lowest BCUT2D eigenvalue weighted by Crippen LogP contribution is -2.20. The van der Waals surface area contributed by atoms with Gasteiger partial charge in [0, 0.05) is 10.6 Å². The van der Waals surface area contributed by atoms with Crippen LogP contribution in [-0.2, 0) is 4.79 Å². The smallest absolute Gasteiger partial charge is 0.311 e. The topological polar surface area (TPSA) is 37.3 Å². The summed E-state index contributed by atoms with van der Waals surface area (Å²) in [5.41, 5.74) is 0.692. The van der Waals surface area contributed by atoms with Gasteiger partial charge in [-0.1, -0.05) is 25.4 Å². The molecule has 1 aromatic carbocycles. The lowest BCUT2D eigenvalue weighted by Gasteiger charge is -2.20. The minimum absolute atomic E-state index is 0.190. The van der Waals surface area contributed by atoms with Crippen LogP contribution in [0.5, 0.6) is 0 Å². The van der Waals surface area contributed by atoms with Crippen LogP contribution in [-0.4, -0.2) is 11.1 Å². The predicted octanol–water partition coefficient (Wildman–Crippen LogP) is 3.61. The summed E-state index contributed by atoms with van der Waals surface area (Å²) in [6.45, 7) is 5.14. The van der Waals surface area contributed by atoms with Crippen LogP contribution in [0.15, 0.2) is 12.1 Å². The maximum atomic E-state index is 13.7. The molecule has 0 radical (unpaired) electrons. The van der Waals surface area contributed by atoms with Crippen molar-refractivity contribution in [3.63, 3.8) is 0 Å². The summed E-state index contributed by atoms with van der Waals surface area (Å²) in [4.78, 5) is 11.1. The summed E-state index contributed by atoms with van der Waals surface area (Å²) in [6.07, 6.45) is 0. The molecule has 1 rings (SSSR count). The maximum Gasteiger partial charge on any atom is 0.311 e. The zero-order valence-electron chi connectivity index (χ0n) is 9.42. The van der Waals surface area contributed by atoms with Crippen molar-refractivity contribution in [3.05, 3.63) is 34.1 Å². The van der Waals surface area contributed by atoms with Crippen molar-refractivity contribution in [3.8, 4) is 0 Å². The van der Waals surface area contributed by atoms with Crippen molar-refractivity contribution in [1.29, 1.82) is 0 Å². The van der Waals surface area contributed by atoms with Gasteiger partial charge in [0.15, 0.2) is 0 Å². The first kappa shape index (κ1) is 13.0. The number of benzene rings is 1. The van der Waals surface area contributed by atoms with Gasteiger partial charge in [-0.2, -0.15) is 0 Å². The average molecular weight is 245 g/mol. The van der Waals surface area contributed by atoms with Crippen LogP contribution in [0.4, 0.5) is 4.39 Å². The van der Waals surface area contributed by atoms with E-state index in [0.717, 1.165) is 0 Å². The van der Waals surface area contributed by atoms with Crippen molar-refractivity contribution < 1.29 is 14.3 Å². The van der Waals surface area contributed by atoms with Crippen LogP contribution in [0, 0.1) is 18.7 Å². The molecule has 88 valence electrons. The molecule has 0 amide bonds. The Morgan fingerprint density at radius 1 is 1.44 bits per heavy atom. The number of aliphatic carboxylic acids is 1. The SMILES string of the molecule is Cc1c(Cl)ccc(F)c1C(C(=O)O)C(C)C. The van der Waals surface area contributed by atoms with E-state index in [9.17, 15) is 9.18 Å². The summed E-state index contributed by atoms with van der Waals surface area (Å²) in [5.74, 6) is -2.59. The molecule has 0 saturated carbocycles. The lowest BCUT2D eigenvalue weighted by molar-refractivity contribution is -0.140. The summed E-state index contributed by atoms with van der Waals surface area (Å²) >= 11 is 5.88. The third kappa shape index (κ3) is 2.35. The molecule has 0 fully saturated rings. The van der Waals surface area contributed by atoms with Gasteiger partial charge in [-0.05, 0) is 30.5 Å². The molecule has 0 aromatic heterocycles. The zero-order chi connectivity index (χ0) is 12.5. The normalized spacial score (nSPS) is 12.9. The van der Waals surface area contributed by atoms with Gasteiger partial charge >= 0.3 is 5.97 Å². The van der Waals surface area contributed by atoms with E-state index in [-0.39, 0.29) is 11.5 Å². The molecular weight excluding hydrogens is 231 g/mol. The fraction of sp³-hybridized carbons (Fsp3) is 0.417. The molecule has 2 nitrogen and oxygen atoms in total. The van der Waals surface area contributed by atoms with E-state index in [1.54, 1.807) is 20.8 Å². The van der Waals surface area contributed by atoms with E-state index in [1.807, 2.05) is 0 Å². The third-order valence-electron chi connectivity index (χ3n) is 2.64. The number of carboxylic acids is 1. The Kier molecular flexibility index (Phi) is 3.92. The Bertz CT molecular complexity index is 416. The fourth-order valence-electron chi connectivity index (χ4n) is 1.79. The standard InChI is InChI=1S/C12H14ClFO2/c1-6(2)10(12(15)16)11-7(3)8(13)4-5-9(11)14/h4-6,10H,1-3H3,(H,15,16). The van der Waals surface area contributed by atoms with Crippen LogP contribution in [0.1, 0.15) is 30.9 Å². The largest absolute Gasteiger partial charge is 0.481 e. The summed E-state index contributed by atoms with van der Waals surface area (Å²) in [6, 6.07) is 2.65. The van der Waals surface area contributed by atoms with E-state index >= 15 is 0 Å². The molecule has 0 heterocycles. The highest BCUT2D eigenvalue weighted by Crippen LogP contribution is 2.32. The maximum absolute atomic E-state index is 13.7. The minimum Gasteiger partial charge on any atom is -0.481 e. The van der Waals surface area contributed by atoms with Gasteiger partial charge in [0.1, 0.15) is 5.82 Å². The van der Waals surface area contributed by atoms with E-state index in [0.29, 0.717) is 10.6 Å². The van der Waals surface area contributed by atoms with Gasteiger partial charge in [-0.3, -0.25) is 4.79 Å². The quantitative estimate of drug-likeness (QED) is 0.882. The van der Waals surface area contributed by atoms with Gasteiger partial charge in [-0.25, -0.2) is 4.39 Å². The summed E-state index contributed by atoms with van der Waals surface area (Å²) in [7, 11) is 0. The minimum atomic E-state index is -1.03. The molecule has 0 aliphatic heterocycles. The molecule has 0 aliphatic rings. The average Bonchev–Trinajstić information content (AvgIpc) is 2.17. The van der Waals surface area contributed by atoms with Crippen molar-refractivity contribution >= 4 is 17.6 Å². The van der Waals surface area contributed by atoms with Crippen molar-refractivity contribution in [2.45, 2.75) is 26.7 Å². The number of halogens is 2. The Balaban J connectivity index is 3.40. The molecule has 0 saturated heterocycles. The lowest BCUT2D eigenvalue weighted by atomic mass is 9.85. The molecule has 16 heavy (non-hydrogen) atoms. The highest BCUT2D eigenvalue weighted by Gasteiger charge is 2.28. The van der Waals surface area contributed by atoms with Crippen molar-refractivity contribution in [1.82, 2.24) is 0 Å². The summed E-state index contributed by atoms with van der Waals surface area (Å²) in [5, 5.41) is 9.52. The van der Waals surface area contributed by atoms with Crippen LogP contribution in [0.2, 0.25) is 5.02 Å². The second kappa shape index (κ2) is 4.83. The van der Waals surface area contributed by atoms with E-state index in [1.165, 1.54) is 12.1 Å². The van der Waals surface area contributed by atoms with E-state index in [2.05, 4.69) is 0 Å². The third-order valence-corrected chi connectivity index (χ3v) is 3.05. The van der Waals surface area contributed by atoms with Gasteiger partial charge in [-0.15, -0.1) is 0 Å². The Morgan fingerprint density at radius 2 is 2.00 bits per heavy atom. The second-order valence-corrected chi connectivity index (χ2v) is 4.54. The van der Waals surface area contributed by atoms with Gasteiger partial charge in [0.05, 0.1) is 5.92 Å². The fourth-order valence-corrected chi connectivity index (χ4v) is 1.96. The van der Waals surface area contributed by atoms with E-state index < -0.39 is 17.7 Å². The first-order valence-corrected chi connectivity index (χ1v) is 5.41. The number of hydrogen-bond acceptors (Lipinski definition) is 1. The number of hydrogen-bond donors (Lipinski definition) is 1. The Labute approximate surface area is 99.0 Å². The van der Waals surface area contributed by atoms with Crippen LogP contribution >= 0.6 is 11.6 Å². The zero-order valence-corrected chi connectivity index (χ0v) is 10.2. The number of carbonyl (C=O) groups is 1. The first-order valence-electron chi connectivity index (χ1n) is 5.03. The molecule has 4 heteroatoms. The van der Waals surface area contributed by atoms with Crippen LogP contribution < -0.4 is 0 Å². The second-order valence-electron chi connectivity index (χ2n) is 4.13. The van der Waals surface area contributed by atoms with Crippen LogP contribution in [0.3, 0.4) is 0 Å². The Hall–Kier alpha value is -1.09. The molecule has 1 N–H and O–H groups in total. The van der Waals surface area contributed by atoms with Gasteiger partial charge in [0.2, 0.25) is 0 Å². The monoisotopic (exact) mass is 244 g/mol. The number of carboxylic acid groups (broad SMARTS) is 1. The van der Waals surface area contributed by atoms with Crippen LogP contribution in [0.25, 0.3) is 0 Å². The number of rotatable bonds is 3. The van der Waals surface area contributed by atoms with Gasteiger partial charge in [0.25, 0.3) is 0 Å². The molecule has 0 spiro atoms. The Morgan fingerprint density at radius 3 is 2.44 bits per heavy atom. The molecule has 1 atom stereocenters. The van der Waals surface area contributed by atoms with Gasteiger partial charge < -0.3 is 5.11 Å². The van der Waals surface area contributed by atoms with Crippen molar-refractivity contribution in [2.75, 3.05) is 0 Å². The van der Waals surface area contributed by atoms with Crippen molar-refractivity contribution in [2.24, 2.45) is 5.92 Å². The molecule has 1 unspecified atom stereocenters. The molecule has 0 aliphatic carbocycles. The molecular formula is C12H14ClFO2. The predicted molar refractivity (Wildman–Crippen MR) is 61.4 cm³/mol. The summed E-state index contributed by atoms with van der Waals surface area (Å²) < 4.78 is 13.7. The highest BCUT2D eigenvalue weighted by atomic mass is 35.5. The van der Waals surface area contributed by atoms with E-state index in [4.69, 9.17) is 16.7 Å². The first-order chi connectivity index (χ1) is 7.36.